The molecule has 4 atom stereocenters. The number of hydrogen-bond acceptors (Lipinski definition) is 8. The van der Waals surface area contributed by atoms with Gasteiger partial charge in [0.15, 0.2) is 0 Å². The van der Waals surface area contributed by atoms with Crippen molar-refractivity contribution in [1.29, 1.82) is 0 Å². The number of alkyl halides is 6. The Morgan fingerprint density at radius 2 is 1.43 bits per heavy atom. The van der Waals surface area contributed by atoms with Crippen LogP contribution in [0.1, 0.15) is 51.6 Å². The first-order chi connectivity index (χ1) is 25.2. The number of amidine groups is 1. The molecule has 0 bridgehead atoms. The van der Waals surface area contributed by atoms with Gasteiger partial charge in [-0.2, -0.15) is 26.3 Å². The van der Waals surface area contributed by atoms with Crippen molar-refractivity contribution in [1.82, 2.24) is 14.8 Å². The SMILES string of the molecule is O=C(O)C(F)(F)F.O=C1CC(c2ccc(CC(NS(=O)(=O)c3cccc(C(F)(F)F)c3)C3=N[C@H](c4ccccc4)[C@@H](c4ccccc4)N3)cc2)S(=O)(=O)N1. The Bertz CT molecular complexity index is 2240. The van der Waals surface area contributed by atoms with Crippen molar-refractivity contribution in [3.05, 3.63) is 137 Å². The molecule has 6 rings (SSSR count). The molecule has 2 aliphatic rings. The zero-order valence-electron chi connectivity index (χ0n) is 27.5. The van der Waals surface area contributed by atoms with Gasteiger partial charge in [0.2, 0.25) is 26.0 Å². The van der Waals surface area contributed by atoms with E-state index in [0.29, 0.717) is 17.2 Å². The van der Waals surface area contributed by atoms with Crippen molar-refractivity contribution in [2.75, 3.05) is 0 Å². The smallest absolute Gasteiger partial charge is 0.475 e. The largest absolute Gasteiger partial charge is 0.490 e. The molecule has 54 heavy (non-hydrogen) atoms. The van der Waals surface area contributed by atoms with Crippen LogP contribution in [0.2, 0.25) is 0 Å². The van der Waals surface area contributed by atoms with Gasteiger partial charge < -0.3 is 10.4 Å². The number of halogens is 6. The van der Waals surface area contributed by atoms with Crippen LogP contribution in [0.5, 0.6) is 0 Å². The third kappa shape index (κ3) is 9.63. The maximum atomic E-state index is 13.6. The fraction of sp³-hybridized carbons (Fsp3) is 0.229. The Kier molecular flexibility index (Phi) is 11.5. The van der Waals surface area contributed by atoms with Crippen LogP contribution in [0.3, 0.4) is 0 Å². The standard InChI is InChI=1S/C33H29F3N4O5S2.C2HF3O2/c34-33(35,36)25-12-7-13-26(19-25)46(42,43)39-27(18-21-14-16-22(17-15-21)28-20-29(41)40-47(28,44)45)32-37-30(23-8-3-1-4-9-23)31(38-32)24-10-5-2-6-11-24;3-2(4,5)1(6)7/h1-17,19,27-28,30-31,39H,18,20H2,(H,37,38)(H,40,41);(H,6,7)/t27?,28?,30-,31-;/m1./s1. The Morgan fingerprint density at radius 3 is 1.94 bits per heavy atom. The van der Waals surface area contributed by atoms with Gasteiger partial charge in [-0.3, -0.25) is 14.5 Å². The number of sulfonamides is 2. The second-order valence-electron chi connectivity index (χ2n) is 12.1. The van der Waals surface area contributed by atoms with Crippen LogP contribution in [-0.4, -0.2) is 51.9 Å². The summed E-state index contributed by atoms with van der Waals surface area (Å²) in [7, 11) is -8.38. The fourth-order valence-electron chi connectivity index (χ4n) is 5.77. The number of aliphatic carboxylic acids is 1. The van der Waals surface area contributed by atoms with Crippen molar-refractivity contribution in [3.8, 4) is 0 Å². The minimum absolute atomic E-state index is 0.0158. The van der Waals surface area contributed by atoms with E-state index in [1.165, 1.54) is 0 Å². The summed E-state index contributed by atoms with van der Waals surface area (Å²) in [6, 6.07) is 26.8. The maximum absolute atomic E-state index is 13.6. The van der Waals surface area contributed by atoms with Crippen LogP contribution < -0.4 is 14.8 Å². The van der Waals surface area contributed by atoms with E-state index >= 15 is 0 Å². The van der Waals surface area contributed by atoms with E-state index in [1.54, 1.807) is 24.3 Å². The Labute approximate surface area is 305 Å². The second kappa shape index (κ2) is 15.6. The van der Waals surface area contributed by atoms with E-state index in [9.17, 15) is 48.0 Å². The number of carboxylic acids is 1. The number of benzene rings is 4. The molecule has 286 valence electrons. The zero-order valence-corrected chi connectivity index (χ0v) is 29.2. The lowest BCUT2D eigenvalue weighted by molar-refractivity contribution is -0.192. The summed E-state index contributed by atoms with van der Waals surface area (Å²) in [5, 5.41) is 9.44. The molecule has 0 spiro atoms. The summed E-state index contributed by atoms with van der Waals surface area (Å²) in [6.07, 6.45) is -10.0. The number of amides is 1. The third-order valence-electron chi connectivity index (χ3n) is 8.33. The number of carboxylic acid groups (broad SMARTS) is 1. The summed E-state index contributed by atoms with van der Waals surface area (Å²) >= 11 is 0. The van der Waals surface area contributed by atoms with Crippen molar-refractivity contribution >= 4 is 37.8 Å². The van der Waals surface area contributed by atoms with E-state index in [0.717, 1.165) is 29.3 Å². The highest BCUT2D eigenvalue weighted by atomic mass is 32.2. The number of nitrogens with one attached hydrogen (secondary N) is 3. The molecule has 4 aromatic carbocycles. The van der Waals surface area contributed by atoms with E-state index < -0.39 is 72.1 Å². The molecular formula is C35H30F6N4O7S2. The normalized spacial score (nSPS) is 20.1. The minimum Gasteiger partial charge on any atom is -0.475 e. The van der Waals surface area contributed by atoms with Crippen LogP contribution in [0.4, 0.5) is 26.3 Å². The minimum atomic E-state index is -5.08. The van der Waals surface area contributed by atoms with E-state index in [4.69, 9.17) is 14.9 Å². The van der Waals surface area contributed by atoms with Gasteiger partial charge in [-0.1, -0.05) is 91.0 Å². The van der Waals surface area contributed by atoms with Gasteiger partial charge in [-0.15, -0.1) is 0 Å². The van der Waals surface area contributed by atoms with E-state index in [2.05, 4.69) is 10.0 Å². The molecule has 2 aliphatic heterocycles. The van der Waals surface area contributed by atoms with Crippen LogP contribution in [0.15, 0.2) is 119 Å². The second-order valence-corrected chi connectivity index (χ2v) is 15.7. The monoisotopic (exact) mass is 796 g/mol. The van der Waals surface area contributed by atoms with E-state index in [1.807, 2.05) is 65.4 Å². The van der Waals surface area contributed by atoms with Gasteiger partial charge in [0.1, 0.15) is 17.1 Å². The van der Waals surface area contributed by atoms with Gasteiger partial charge in [0.25, 0.3) is 0 Å². The number of rotatable bonds is 9. The number of carbonyl (C=O) groups excluding carboxylic acids is 1. The Morgan fingerprint density at radius 1 is 0.852 bits per heavy atom. The predicted octanol–water partition coefficient (Wildman–Crippen LogP) is 5.60. The van der Waals surface area contributed by atoms with Crippen molar-refractivity contribution in [3.63, 3.8) is 0 Å². The Hall–Kier alpha value is -5.27. The maximum Gasteiger partial charge on any atom is 0.490 e. The number of carbonyl (C=O) groups is 2. The number of aliphatic imine (C=N–C) groups is 1. The van der Waals surface area contributed by atoms with Crippen molar-refractivity contribution in [2.24, 2.45) is 4.99 Å². The summed E-state index contributed by atoms with van der Waals surface area (Å²) in [6.45, 7) is 0. The highest BCUT2D eigenvalue weighted by Crippen LogP contribution is 2.37. The molecule has 4 aromatic rings. The zero-order chi connectivity index (χ0) is 39.5. The van der Waals surface area contributed by atoms with Gasteiger partial charge in [-0.25, -0.2) is 26.4 Å². The van der Waals surface area contributed by atoms with Gasteiger partial charge >= 0.3 is 18.3 Å². The molecule has 0 radical (unpaired) electrons. The highest BCUT2D eigenvalue weighted by molar-refractivity contribution is 7.90. The topological polar surface area (TPSA) is 171 Å². The van der Waals surface area contributed by atoms with Crippen LogP contribution in [0.25, 0.3) is 0 Å². The van der Waals surface area contributed by atoms with Gasteiger partial charge in [0.05, 0.1) is 29.0 Å². The fourth-order valence-corrected chi connectivity index (χ4v) is 8.45. The third-order valence-corrected chi connectivity index (χ3v) is 11.5. The molecule has 19 heteroatoms. The lowest BCUT2D eigenvalue weighted by Gasteiger charge is -2.23. The molecule has 0 saturated carbocycles. The molecular weight excluding hydrogens is 767 g/mol. The molecule has 2 unspecified atom stereocenters. The molecule has 1 saturated heterocycles. The van der Waals surface area contributed by atoms with Crippen molar-refractivity contribution in [2.45, 2.75) is 53.5 Å². The predicted molar refractivity (Wildman–Crippen MR) is 183 cm³/mol. The molecule has 4 N–H and O–H groups in total. The van der Waals surface area contributed by atoms with Crippen LogP contribution >= 0.6 is 0 Å². The average Bonchev–Trinajstić information content (AvgIpc) is 3.68. The first-order valence-electron chi connectivity index (χ1n) is 15.8. The number of nitrogens with zero attached hydrogens (tertiary/aromatic N) is 1. The Balaban J connectivity index is 0.000000730. The molecule has 0 aliphatic carbocycles. The molecule has 11 nitrogen and oxygen atoms in total. The summed E-state index contributed by atoms with van der Waals surface area (Å²) in [5.74, 6) is -3.08. The molecule has 1 fully saturated rings. The lowest BCUT2D eigenvalue weighted by atomic mass is 9.95. The number of hydrogen-bond donors (Lipinski definition) is 4. The van der Waals surface area contributed by atoms with Crippen molar-refractivity contribution < 1.29 is 57.9 Å². The lowest BCUT2D eigenvalue weighted by Crippen LogP contribution is -2.47. The highest BCUT2D eigenvalue weighted by Gasteiger charge is 2.40. The summed E-state index contributed by atoms with van der Waals surface area (Å²) in [5.41, 5.74) is 1.63. The molecule has 1 amide bonds. The first-order valence-corrected chi connectivity index (χ1v) is 18.8. The van der Waals surface area contributed by atoms with E-state index in [-0.39, 0.29) is 24.7 Å². The quantitative estimate of drug-likeness (QED) is 0.159. The average molecular weight is 797 g/mol. The molecule has 2 heterocycles. The van der Waals surface area contributed by atoms with Gasteiger partial charge in [-0.05, 0) is 46.9 Å². The van der Waals surface area contributed by atoms with Gasteiger partial charge in [0, 0.05) is 0 Å². The summed E-state index contributed by atoms with van der Waals surface area (Å²) < 4.78 is 129. The first kappa shape index (κ1) is 39.9. The van der Waals surface area contributed by atoms with Crippen LogP contribution in [0, 0.1) is 0 Å². The molecule has 0 aromatic heterocycles. The summed E-state index contributed by atoms with van der Waals surface area (Å²) in [4.78, 5) is 25.0. The van der Waals surface area contributed by atoms with Crippen LogP contribution in [-0.2, 0) is 42.2 Å².